The second-order valence-corrected chi connectivity index (χ2v) is 6.49. The normalized spacial score (nSPS) is 11.1. The lowest BCUT2D eigenvalue weighted by Gasteiger charge is -2.08. The average molecular weight is 326 g/mol. The van der Waals surface area contributed by atoms with Crippen LogP contribution in [0.25, 0.3) is 11.3 Å². The molecule has 1 aromatic heterocycles. The topological polar surface area (TPSA) is 98.0 Å². The molecule has 7 heteroatoms. The van der Waals surface area contributed by atoms with Crippen LogP contribution in [0.4, 0.5) is 11.6 Å². The first-order valence-electron chi connectivity index (χ1n) is 6.81. The van der Waals surface area contributed by atoms with Crippen LogP contribution in [0, 0.1) is 0 Å². The van der Waals surface area contributed by atoms with E-state index in [1.165, 1.54) is 30.5 Å². The van der Waals surface area contributed by atoms with Gasteiger partial charge in [-0.1, -0.05) is 30.3 Å². The molecule has 0 atom stereocenters. The van der Waals surface area contributed by atoms with Gasteiger partial charge in [-0.3, -0.25) is 0 Å². The predicted octanol–water partition coefficient (Wildman–Crippen LogP) is 2.53. The smallest absolute Gasteiger partial charge is 0.264 e. The van der Waals surface area contributed by atoms with Crippen molar-refractivity contribution in [2.24, 2.45) is 0 Å². The number of anilines is 2. The van der Waals surface area contributed by atoms with E-state index < -0.39 is 10.0 Å². The summed E-state index contributed by atoms with van der Waals surface area (Å²) in [6, 6.07) is 17.1. The first-order valence-corrected chi connectivity index (χ1v) is 8.30. The maximum absolute atomic E-state index is 12.3. The first kappa shape index (κ1) is 15.0. The molecule has 3 rings (SSSR count). The molecule has 0 aliphatic carbocycles. The molecule has 6 nitrogen and oxygen atoms in total. The lowest BCUT2D eigenvalue weighted by molar-refractivity contribution is 0.601. The maximum atomic E-state index is 12.3. The molecule has 116 valence electrons. The number of rotatable bonds is 4. The Morgan fingerprint density at radius 1 is 0.913 bits per heavy atom. The number of nitrogens with two attached hydrogens (primary N) is 1. The average Bonchev–Trinajstić information content (AvgIpc) is 2.56. The first-order chi connectivity index (χ1) is 11.0. The van der Waals surface area contributed by atoms with Crippen LogP contribution in [-0.4, -0.2) is 18.4 Å². The Morgan fingerprint density at radius 2 is 1.61 bits per heavy atom. The summed E-state index contributed by atoms with van der Waals surface area (Å²) in [5.41, 5.74) is 7.57. The van der Waals surface area contributed by atoms with Crippen molar-refractivity contribution in [1.29, 1.82) is 0 Å². The molecular formula is C16H14N4O2S. The molecule has 0 fully saturated rings. The molecule has 0 saturated carbocycles. The lowest BCUT2D eigenvalue weighted by atomic mass is 10.1. The molecule has 2 aromatic carbocycles. The second kappa shape index (κ2) is 6.05. The number of nitrogens with one attached hydrogen (secondary N) is 1. The summed E-state index contributed by atoms with van der Waals surface area (Å²) in [4.78, 5) is 8.31. The van der Waals surface area contributed by atoms with Crippen LogP contribution in [0.1, 0.15) is 0 Å². The van der Waals surface area contributed by atoms with Gasteiger partial charge in [0.1, 0.15) is 0 Å². The van der Waals surface area contributed by atoms with Crippen molar-refractivity contribution >= 4 is 21.7 Å². The molecule has 0 saturated heterocycles. The number of sulfonamides is 1. The summed E-state index contributed by atoms with van der Waals surface area (Å²) in [6.45, 7) is 0. The van der Waals surface area contributed by atoms with Crippen LogP contribution in [0.3, 0.4) is 0 Å². The number of nitrogen functional groups attached to an aromatic ring is 1. The van der Waals surface area contributed by atoms with Gasteiger partial charge in [-0.2, -0.15) is 0 Å². The molecule has 3 N–H and O–H groups in total. The van der Waals surface area contributed by atoms with Crippen molar-refractivity contribution in [3.8, 4) is 11.3 Å². The third-order valence-corrected chi connectivity index (χ3v) is 4.49. The van der Waals surface area contributed by atoms with E-state index >= 15 is 0 Å². The van der Waals surface area contributed by atoms with E-state index in [1.807, 2.05) is 30.3 Å². The molecule has 0 bridgehead atoms. The third kappa shape index (κ3) is 3.46. The van der Waals surface area contributed by atoms with E-state index in [4.69, 9.17) is 5.73 Å². The highest BCUT2D eigenvalue weighted by Crippen LogP contribution is 2.19. The maximum Gasteiger partial charge on any atom is 0.264 e. The number of benzene rings is 2. The molecule has 0 amide bonds. The van der Waals surface area contributed by atoms with Crippen molar-refractivity contribution in [3.05, 3.63) is 66.9 Å². The Hall–Kier alpha value is -2.93. The van der Waals surface area contributed by atoms with Crippen molar-refractivity contribution in [2.75, 3.05) is 10.5 Å². The summed E-state index contributed by atoms with van der Waals surface area (Å²) in [5, 5.41) is 0. The Morgan fingerprint density at radius 3 is 2.30 bits per heavy atom. The van der Waals surface area contributed by atoms with Gasteiger partial charge in [0.05, 0.1) is 10.6 Å². The zero-order chi connectivity index (χ0) is 16.3. The van der Waals surface area contributed by atoms with Crippen molar-refractivity contribution in [3.63, 3.8) is 0 Å². The highest BCUT2D eigenvalue weighted by molar-refractivity contribution is 7.92. The SMILES string of the molecule is Nc1ccc(S(=O)(=O)Nc2nccc(-c3ccccc3)n2)cc1. The molecule has 0 radical (unpaired) electrons. The molecule has 23 heavy (non-hydrogen) atoms. The van der Waals surface area contributed by atoms with Gasteiger partial charge in [0, 0.05) is 17.4 Å². The van der Waals surface area contributed by atoms with Gasteiger partial charge >= 0.3 is 0 Å². The Kier molecular flexibility index (Phi) is 3.94. The van der Waals surface area contributed by atoms with Gasteiger partial charge < -0.3 is 5.73 Å². The monoisotopic (exact) mass is 326 g/mol. The van der Waals surface area contributed by atoms with Crippen molar-refractivity contribution < 1.29 is 8.42 Å². The van der Waals surface area contributed by atoms with Gasteiger partial charge in [-0.15, -0.1) is 0 Å². The highest BCUT2D eigenvalue weighted by Gasteiger charge is 2.15. The van der Waals surface area contributed by atoms with Crippen LogP contribution >= 0.6 is 0 Å². The predicted molar refractivity (Wildman–Crippen MR) is 89.1 cm³/mol. The van der Waals surface area contributed by atoms with E-state index in [0.29, 0.717) is 11.4 Å². The number of hydrogen-bond donors (Lipinski definition) is 2. The van der Waals surface area contributed by atoms with Gasteiger partial charge in [-0.25, -0.2) is 23.1 Å². The Labute approximate surface area is 134 Å². The summed E-state index contributed by atoms with van der Waals surface area (Å²) in [7, 11) is -3.76. The third-order valence-electron chi connectivity index (χ3n) is 3.14. The standard InChI is InChI=1S/C16H14N4O2S/c17-13-6-8-14(9-7-13)23(21,22)20-16-18-11-10-15(19-16)12-4-2-1-3-5-12/h1-11H,17H2,(H,18,19,20). The summed E-state index contributed by atoms with van der Waals surface area (Å²) in [5.74, 6) is 0.0168. The summed E-state index contributed by atoms with van der Waals surface area (Å²) >= 11 is 0. The molecule has 3 aromatic rings. The Balaban J connectivity index is 1.90. The fourth-order valence-electron chi connectivity index (χ4n) is 2.00. The fourth-order valence-corrected chi connectivity index (χ4v) is 2.95. The molecule has 0 aliphatic heterocycles. The summed E-state index contributed by atoms with van der Waals surface area (Å²) in [6.07, 6.45) is 1.51. The minimum absolute atomic E-state index is 0.0168. The fraction of sp³-hybridized carbons (Fsp3) is 0. The number of aromatic nitrogens is 2. The lowest BCUT2D eigenvalue weighted by Crippen LogP contribution is -2.15. The quantitative estimate of drug-likeness (QED) is 0.718. The summed E-state index contributed by atoms with van der Waals surface area (Å²) < 4.78 is 27.0. The molecule has 0 aliphatic rings. The zero-order valence-corrected chi connectivity index (χ0v) is 12.9. The van der Waals surface area contributed by atoms with Gasteiger partial charge in [0.15, 0.2) is 0 Å². The molecule has 0 unspecified atom stereocenters. The largest absolute Gasteiger partial charge is 0.399 e. The minimum atomic E-state index is -3.76. The number of nitrogens with zero attached hydrogens (tertiary/aromatic N) is 2. The Bertz CT molecular complexity index is 910. The molecule has 1 heterocycles. The van der Waals surface area contributed by atoms with Gasteiger partial charge in [0.25, 0.3) is 10.0 Å². The van der Waals surface area contributed by atoms with Crippen molar-refractivity contribution in [1.82, 2.24) is 9.97 Å². The van der Waals surface area contributed by atoms with E-state index in [0.717, 1.165) is 5.56 Å². The van der Waals surface area contributed by atoms with Gasteiger partial charge in [0.2, 0.25) is 5.95 Å². The highest BCUT2D eigenvalue weighted by atomic mass is 32.2. The van der Waals surface area contributed by atoms with E-state index in [1.54, 1.807) is 6.07 Å². The van der Waals surface area contributed by atoms with E-state index in [9.17, 15) is 8.42 Å². The van der Waals surface area contributed by atoms with Crippen LogP contribution in [0.5, 0.6) is 0 Å². The second-order valence-electron chi connectivity index (χ2n) is 4.81. The van der Waals surface area contributed by atoms with Crippen LogP contribution in [0.15, 0.2) is 71.8 Å². The molecule has 0 spiro atoms. The van der Waals surface area contributed by atoms with Crippen LogP contribution < -0.4 is 10.5 Å². The van der Waals surface area contributed by atoms with Crippen molar-refractivity contribution in [2.45, 2.75) is 4.90 Å². The van der Waals surface area contributed by atoms with E-state index in [-0.39, 0.29) is 10.8 Å². The molecular weight excluding hydrogens is 312 g/mol. The number of hydrogen-bond acceptors (Lipinski definition) is 5. The van der Waals surface area contributed by atoms with Gasteiger partial charge in [-0.05, 0) is 30.3 Å². The van der Waals surface area contributed by atoms with E-state index in [2.05, 4.69) is 14.7 Å². The van der Waals surface area contributed by atoms with Crippen LogP contribution in [-0.2, 0) is 10.0 Å². The zero-order valence-electron chi connectivity index (χ0n) is 12.0. The van der Waals surface area contributed by atoms with Crippen LogP contribution in [0.2, 0.25) is 0 Å². The minimum Gasteiger partial charge on any atom is -0.399 e.